The fourth-order valence-electron chi connectivity index (χ4n) is 1.15. The van der Waals surface area contributed by atoms with Crippen molar-refractivity contribution in [1.29, 1.82) is 5.41 Å². The summed E-state index contributed by atoms with van der Waals surface area (Å²) in [7, 11) is 0. The average molecular weight is 163 g/mol. The van der Waals surface area contributed by atoms with Crippen LogP contribution < -0.4 is 0 Å². The van der Waals surface area contributed by atoms with Gasteiger partial charge in [-0.1, -0.05) is 13.8 Å². The summed E-state index contributed by atoms with van der Waals surface area (Å²) in [5, 5.41) is 7.51. The van der Waals surface area contributed by atoms with Gasteiger partial charge in [0.1, 0.15) is 0 Å². The van der Waals surface area contributed by atoms with Gasteiger partial charge in [-0.25, -0.2) is 0 Å². The van der Waals surface area contributed by atoms with Crippen molar-refractivity contribution in [1.82, 2.24) is 0 Å². The second kappa shape index (κ2) is 3.05. The Bertz CT molecular complexity index is 295. The lowest BCUT2D eigenvalue weighted by atomic mass is 9.90. The van der Waals surface area contributed by atoms with Gasteiger partial charge >= 0.3 is 0 Å². The van der Waals surface area contributed by atoms with Crippen LogP contribution in [-0.4, -0.2) is 11.5 Å². The molecule has 1 N–H and O–H groups in total. The molecular weight excluding hydrogens is 150 g/mol. The highest BCUT2D eigenvalue weighted by molar-refractivity contribution is 6.20. The minimum Gasteiger partial charge on any atom is -0.301 e. The van der Waals surface area contributed by atoms with Crippen LogP contribution >= 0.6 is 0 Å². The van der Waals surface area contributed by atoms with Crippen LogP contribution in [0.2, 0.25) is 0 Å². The number of carbonyl (C=O) groups is 1. The maximum atomic E-state index is 11.4. The topological polar surface area (TPSA) is 40.9 Å². The van der Waals surface area contributed by atoms with Crippen LogP contribution in [-0.2, 0) is 4.79 Å². The molecule has 0 spiro atoms. The maximum absolute atomic E-state index is 11.4. The van der Waals surface area contributed by atoms with Crippen molar-refractivity contribution in [2.24, 2.45) is 5.92 Å². The van der Waals surface area contributed by atoms with Gasteiger partial charge < -0.3 is 5.41 Å². The minimum absolute atomic E-state index is 0.0542. The average Bonchev–Trinajstić information content (AvgIpc) is 1.96. The highest BCUT2D eigenvalue weighted by Gasteiger charge is 2.17. The summed E-state index contributed by atoms with van der Waals surface area (Å²) in [6.45, 7) is 5.71. The summed E-state index contributed by atoms with van der Waals surface area (Å²) in [6.07, 6.45) is 3.21. The van der Waals surface area contributed by atoms with Gasteiger partial charge in [-0.3, -0.25) is 4.79 Å². The van der Waals surface area contributed by atoms with Crippen LogP contribution in [0.1, 0.15) is 20.8 Å². The Morgan fingerprint density at radius 2 is 1.92 bits per heavy atom. The summed E-state index contributed by atoms with van der Waals surface area (Å²) in [6, 6.07) is 0. The van der Waals surface area contributed by atoms with Crippen molar-refractivity contribution in [2.45, 2.75) is 20.8 Å². The first-order valence-corrected chi connectivity index (χ1v) is 4.05. The Balaban J connectivity index is 3.01. The molecule has 0 heterocycles. The van der Waals surface area contributed by atoms with E-state index in [-0.39, 0.29) is 11.7 Å². The van der Waals surface area contributed by atoms with Crippen molar-refractivity contribution in [3.63, 3.8) is 0 Å². The summed E-state index contributed by atoms with van der Waals surface area (Å²) in [4.78, 5) is 11.4. The standard InChI is InChI=1S/C10H13NO/c1-6(2)8-5-9(11)7(3)4-10(8)12/h4-6,11H,1-3H3. The van der Waals surface area contributed by atoms with Crippen LogP contribution in [0.15, 0.2) is 23.3 Å². The Hall–Kier alpha value is -1.18. The first-order chi connectivity index (χ1) is 5.52. The molecule has 0 radical (unpaired) electrons. The third kappa shape index (κ3) is 1.52. The molecule has 0 atom stereocenters. The van der Waals surface area contributed by atoms with Gasteiger partial charge in [0.15, 0.2) is 5.78 Å². The lowest BCUT2D eigenvalue weighted by Gasteiger charge is -2.13. The van der Waals surface area contributed by atoms with Gasteiger partial charge in [0.2, 0.25) is 0 Å². The largest absolute Gasteiger partial charge is 0.301 e. The second-order valence-corrected chi connectivity index (χ2v) is 3.36. The molecule has 0 saturated heterocycles. The summed E-state index contributed by atoms with van der Waals surface area (Å²) in [5.74, 6) is 0.265. The molecule has 1 aliphatic rings. The SMILES string of the molecule is CC1=CC(=O)C(C(C)C)=CC1=N. The fourth-order valence-corrected chi connectivity index (χ4v) is 1.15. The van der Waals surface area contributed by atoms with Crippen molar-refractivity contribution in [3.8, 4) is 0 Å². The van der Waals surface area contributed by atoms with Crippen LogP contribution in [0.25, 0.3) is 0 Å². The maximum Gasteiger partial charge on any atom is 0.182 e. The zero-order valence-electron chi connectivity index (χ0n) is 7.64. The second-order valence-electron chi connectivity index (χ2n) is 3.36. The minimum atomic E-state index is 0.0542. The molecular formula is C10H13NO. The number of carbonyl (C=O) groups excluding carboxylic acids is 1. The van der Waals surface area contributed by atoms with Crippen LogP contribution in [0.5, 0.6) is 0 Å². The predicted molar refractivity (Wildman–Crippen MR) is 49.4 cm³/mol. The van der Waals surface area contributed by atoms with Gasteiger partial charge in [0.05, 0.1) is 5.71 Å². The molecule has 64 valence electrons. The highest BCUT2D eigenvalue weighted by Crippen LogP contribution is 2.18. The van der Waals surface area contributed by atoms with Crippen molar-refractivity contribution in [2.75, 3.05) is 0 Å². The Kier molecular flexibility index (Phi) is 2.27. The number of hydrogen-bond donors (Lipinski definition) is 1. The molecule has 0 aromatic rings. The summed E-state index contributed by atoms with van der Waals surface area (Å²) >= 11 is 0. The molecule has 0 amide bonds. The van der Waals surface area contributed by atoms with Gasteiger partial charge in [-0.15, -0.1) is 0 Å². The zero-order chi connectivity index (χ0) is 9.30. The van der Waals surface area contributed by atoms with E-state index in [1.807, 2.05) is 13.8 Å². The van der Waals surface area contributed by atoms with Gasteiger partial charge in [0, 0.05) is 5.57 Å². The van der Waals surface area contributed by atoms with E-state index in [9.17, 15) is 4.79 Å². The molecule has 0 aliphatic heterocycles. The van der Waals surface area contributed by atoms with Crippen LogP contribution in [0.4, 0.5) is 0 Å². The first kappa shape index (κ1) is 8.91. The van der Waals surface area contributed by atoms with Crippen molar-refractivity contribution >= 4 is 11.5 Å². The van der Waals surface area contributed by atoms with Gasteiger partial charge in [0.25, 0.3) is 0 Å². The number of ketones is 1. The van der Waals surface area contributed by atoms with E-state index in [0.717, 1.165) is 11.1 Å². The molecule has 12 heavy (non-hydrogen) atoms. The summed E-state index contributed by atoms with van der Waals surface area (Å²) < 4.78 is 0. The zero-order valence-corrected chi connectivity index (χ0v) is 7.64. The van der Waals surface area contributed by atoms with E-state index in [1.165, 1.54) is 6.08 Å². The third-order valence-electron chi connectivity index (χ3n) is 1.98. The quantitative estimate of drug-likeness (QED) is 0.591. The predicted octanol–water partition coefficient (Wildman–Crippen LogP) is 2.12. The Labute approximate surface area is 72.5 Å². The molecule has 2 nitrogen and oxygen atoms in total. The molecule has 1 aliphatic carbocycles. The van der Waals surface area contributed by atoms with E-state index in [1.54, 1.807) is 13.0 Å². The molecule has 0 bridgehead atoms. The molecule has 0 aromatic heterocycles. The van der Waals surface area contributed by atoms with Crippen molar-refractivity contribution < 1.29 is 4.79 Å². The van der Waals surface area contributed by atoms with E-state index in [2.05, 4.69) is 0 Å². The summed E-state index contributed by atoms with van der Waals surface area (Å²) in [5.41, 5.74) is 1.95. The van der Waals surface area contributed by atoms with Crippen LogP contribution in [0.3, 0.4) is 0 Å². The number of rotatable bonds is 1. The molecule has 2 heteroatoms. The normalized spacial score (nSPS) is 18.0. The molecule has 0 unspecified atom stereocenters. The lowest BCUT2D eigenvalue weighted by Crippen LogP contribution is -2.14. The molecule has 1 rings (SSSR count). The number of allylic oxidation sites excluding steroid dienone is 4. The smallest absolute Gasteiger partial charge is 0.182 e. The van der Waals surface area contributed by atoms with Gasteiger partial charge in [-0.2, -0.15) is 0 Å². The number of nitrogens with one attached hydrogen (secondary N) is 1. The van der Waals surface area contributed by atoms with Gasteiger partial charge in [-0.05, 0) is 30.6 Å². The van der Waals surface area contributed by atoms with E-state index in [4.69, 9.17) is 5.41 Å². The van der Waals surface area contributed by atoms with Crippen molar-refractivity contribution in [3.05, 3.63) is 23.3 Å². The number of hydrogen-bond acceptors (Lipinski definition) is 2. The Morgan fingerprint density at radius 1 is 1.33 bits per heavy atom. The fraction of sp³-hybridized carbons (Fsp3) is 0.400. The lowest BCUT2D eigenvalue weighted by molar-refractivity contribution is -0.111. The Morgan fingerprint density at radius 3 is 2.42 bits per heavy atom. The first-order valence-electron chi connectivity index (χ1n) is 4.05. The molecule has 0 saturated carbocycles. The van der Waals surface area contributed by atoms with E-state index >= 15 is 0 Å². The highest BCUT2D eigenvalue weighted by atomic mass is 16.1. The van der Waals surface area contributed by atoms with Crippen LogP contribution in [0, 0.1) is 11.3 Å². The molecule has 0 aromatic carbocycles. The molecule has 0 fully saturated rings. The van der Waals surface area contributed by atoms with E-state index < -0.39 is 0 Å². The third-order valence-corrected chi connectivity index (χ3v) is 1.98. The van der Waals surface area contributed by atoms with E-state index in [0.29, 0.717) is 5.71 Å². The monoisotopic (exact) mass is 163 g/mol.